The van der Waals surface area contributed by atoms with Gasteiger partial charge in [0.05, 0.1) is 46.1 Å². The van der Waals surface area contributed by atoms with Gasteiger partial charge >= 0.3 is 12.2 Å². The summed E-state index contributed by atoms with van der Waals surface area (Å²) in [6, 6.07) is 3.72. The third kappa shape index (κ3) is 6.39. The van der Waals surface area contributed by atoms with Gasteiger partial charge in [0, 0.05) is 43.5 Å². The lowest BCUT2D eigenvalue weighted by molar-refractivity contribution is -0.137. The van der Waals surface area contributed by atoms with Crippen molar-refractivity contribution in [1.82, 2.24) is 29.1 Å². The number of sulfonamides is 1. The Morgan fingerprint density at radius 1 is 1.15 bits per heavy atom. The second kappa shape index (κ2) is 13.3. The molecule has 1 aromatic carbocycles. The van der Waals surface area contributed by atoms with Crippen LogP contribution in [0.4, 0.5) is 35.0 Å². The number of pyridine rings is 2. The number of nitrogens with two attached hydrogens (primary N) is 2. The van der Waals surface area contributed by atoms with Gasteiger partial charge in [0.2, 0.25) is 10.0 Å². The van der Waals surface area contributed by atoms with E-state index < -0.39 is 55.4 Å². The number of anilines is 3. The molecule has 52 heavy (non-hydrogen) atoms. The van der Waals surface area contributed by atoms with Crippen molar-refractivity contribution in [2.24, 2.45) is 0 Å². The molecule has 0 bridgehead atoms. The van der Waals surface area contributed by atoms with Crippen molar-refractivity contribution in [3.63, 3.8) is 0 Å². The second-order valence-electron chi connectivity index (χ2n) is 13.2. The molecule has 7 rings (SSSR count). The van der Waals surface area contributed by atoms with E-state index in [4.69, 9.17) is 37.5 Å². The fourth-order valence-corrected chi connectivity index (χ4v) is 8.73. The lowest BCUT2D eigenvalue weighted by Gasteiger charge is -2.38. The summed E-state index contributed by atoms with van der Waals surface area (Å²) in [5.41, 5.74) is 9.42. The maximum Gasteiger partial charge on any atom is 0.418 e. The van der Waals surface area contributed by atoms with Crippen LogP contribution in [0.2, 0.25) is 5.02 Å². The van der Waals surface area contributed by atoms with Crippen molar-refractivity contribution in [3.8, 4) is 23.0 Å². The molecule has 0 saturated carbocycles. The summed E-state index contributed by atoms with van der Waals surface area (Å²) in [6.07, 6.45) is -0.745. The summed E-state index contributed by atoms with van der Waals surface area (Å²) in [7, 11) is -3.34. The third-order valence-electron chi connectivity index (χ3n) is 10.0. The van der Waals surface area contributed by atoms with E-state index in [1.54, 1.807) is 23.2 Å². The lowest BCUT2D eigenvalue weighted by Crippen LogP contribution is -2.54. The van der Waals surface area contributed by atoms with Gasteiger partial charge in [-0.05, 0) is 44.4 Å². The maximum absolute atomic E-state index is 17.0. The number of aromatic nitrogens is 4. The van der Waals surface area contributed by atoms with Gasteiger partial charge in [-0.3, -0.25) is 4.90 Å². The molecular formula is C33H36ClF4N9O4S. The Kier molecular flexibility index (Phi) is 9.24. The normalized spacial score (nSPS) is 20.4. The van der Waals surface area contributed by atoms with Gasteiger partial charge in [-0.2, -0.15) is 27.4 Å². The number of nitrogen functional groups attached to an aromatic ring is 2. The van der Waals surface area contributed by atoms with Gasteiger partial charge in [0.15, 0.2) is 11.6 Å². The van der Waals surface area contributed by atoms with Gasteiger partial charge in [0.25, 0.3) is 0 Å². The van der Waals surface area contributed by atoms with Crippen molar-refractivity contribution >= 4 is 50.0 Å². The summed E-state index contributed by atoms with van der Waals surface area (Å²) in [6.45, 7) is 4.50. The van der Waals surface area contributed by atoms with Crippen molar-refractivity contribution in [2.45, 2.75) is 51.0 Å². The van der Waals surface area contributed by atoms with Gasteiger partial charge in [-0.15, -0.1) is 0 Å². The van der Waals surface area contributed by atoms with E-state index in [0.29, 0.717) is 31.6 Å². The van der Waals surface area contributed by atoms with Crippen LogP contribution in [0.15, 0.2) is 24.4 Å². The molecule has 6 heterocycles. The Hall–Kier alpha value is -4.26. The third-order valence-corrected chi connectivity index (χ3v) is 11.6. The highest BCUT2D eigenvalue weighted by atomic mass is 35.5. The first kappa shape index (κ1) is 36.1. The van der Waals surface area contributed by atoms with Crippen LogP contribution in [0.1, 0.15) is 42.5 Å². The molecule has 2 fully saturated rings. The first-order valence-corrected chi connectivity index (χ1v) is 18.8. The number of hydrogen-bond acceptors (Lipinski definition) is 12. The number of aryl methyl sites for hydroxylation is 1. The molecule has 3 aromatic heterocycles. The smallest absolute Gasteiger partial charge is 0.418 e. The molecule has 2 saturated heterocycles. The molecule has 4 N–H and O–H groups in total. The molecule has 0 unspecified atom stereocenters. The average Bonchev–Trinajstić information content (AvgIpc) is 3.37. The number of fused-ring (bicyclic) bond motifs is 1. The van der Waals surface area contributed by atoms with E-state index in [1.165, 1.54) is 17.5 Å². The van der Waals surface area contributed by atoms with Crippen LogP contribution in [0.5, 0.6) is 11.8 Å². The van der Waals surface area contributed by atoms with Crippen LogP contribution in [-0.4, -0.2) is 95.3 Å². The van der Waals surface area contributed by atoms with Gasteiger partial charge in [-0.25, -0.2) is 22.8 Å². The number of benzene rings is 1. The molecular weight excluding hydrogens is 730 g/mol. The summed E-state index contributed by atoms with van der Waals surface area (Å²) in [4.78, 5) is 21.3. The monoisotopic (exact) mass is 765 g/mol. The second-order valence-corrected chi connectivity index (χ2v) is 15.6. The Balaban J connectivity index is 1.36. The molecule has 4 aromatic rings. The molecule has 0 spiro atoms. The average molecular weight is 766 g/mol. The van der Waals surface area contributed by atoms with Gasteiger partial charge < -0.3 is 25.8 Å². The zero-order valence-corrected chi connectivity index (χ0v) is 30.0. The standard InChI is InChI=1S/C33H36ClF4N9O4S/c1-16-13-21(39)42-27(24(16)33(36,37)38)22-25(34)29-23-28(26(22)35)43-32(51-15-19-7-6-18-14-45(52(3,48)49)9-10-47(18)19)44-31(23)46(11-12-50-29)17(2)20-5-4-8-41-30(20)40/h4-5,8,13,17-19H,6-7,9-12,14-15H2,1-3H3,(H2,39,42)(H2,40,41)/t17-,18+,19+/m1/s1. The molecule has 0 aliphatic carbocycles. The number of piperazine rings is 1. The topological polar surface area (TPSA) is 166 Å². The fourth-order valence-electron chi connectivity index (χ4n) is 7.55. The highest BCUT2D eigenvalue weighted by Crippen LogP contribution is 2.51. The van der Waals surface area contributed by atoms with E-state index in [9.17, 15) is 21.6 Å². The van der Waals surface area contributed by atoms with Crippen LogP contribution in [0, 0.1) is 12.7 Å². The van der Waals surface area contributed by atoms with E-state index in [2.05, 4.69) is 19.9 Å². The van der Waals surface area contributed by atoms with Crippen LogP contribution in [0.3, 0.4) is 0 Å². The van der Waals surface area contributed by atoms with Gasteiger partial charge in [-0.1, -0.05) is 17.7 Å². The molecule has 3 atom stereocenters. The van der Waals surface area contributed by atoms with Crippen LogP contribution >= 0.6 is 11.6 Å². The summed E-state index contributed by atoms with van der Waals surface area (Å²) >= 11 is 6.80. The fraction of sp³-hybridized carbons (Fsp3) is 0.455. The quantitative estimate of drug-likeness (QED) is 0.247. The van der Waals surface area contributed by atoms with Crippen molar-refractivity contribution < 1.29 is 35.5 Å². The first-order valence-electron chi connectivity index (χ1n) is 16.6. The lowest BCUT2D eigenvalue weighted by atomic mass is 9.98. The molecule has 0 radical (unpaired) electrons. The molecule has 13 nitrogen and oxygen atoms in total. The molecule has 3 aliphatic heterocycles. The first-order chi connectivity index (χ1) is 24.5. The summed E-state index contributed by atoms with van der Waals surface area (Å²) in [5, 5.41) is -0.426. The Bertz CT molecular complexity index is 2180. The number of rotatable bonds is 7. The molecule has 0 amide bonds. The van der Waals surface area contributed by atoms with E-state index in [-0.39, 0.29) is 72.0 Å². The minimum Gasteiger partial charge on any atom is -0.489 e. The number of hydrogen-bond donors (Lipinski definition) is 2. The van der Waals surface area contributed by atoms with Gasteiger partial charge in [0.1, 0.15) is 36.2 Å². The number of ether oxygens (including phenoxy) is 2. The van der Waals surface area contributed by atoms with Crippen LogP contribution in [-0.2, 0) is 16.2 Å². The summed E-state index contributed by atoms with van der Waals surface area (Å²) < 4.78 is 98.6. The highest BCUT2D eigenvalue weighted by molar-refractivity contribution is 7.88. The van der Waals surface area contributed by atoms with Crippen molar-refractivity contribution in [1.29, 1.82) is 0 Å². The molecule has 278 valence electrons. The van der Waals surface area contributed by atoms with Crippen LogP contribution in [0.25, 0.3) is 22.2 Å². The number of alkyl halides is 3. The maximum atomic E-state index is 17.0. The van der Waals surface area contributed by atoms with Crippen molar-refractivity contribution in [2.75, 3.05) is 62.0 Å². The summed E-state index contributed by atoms with van der Waals surface area (Å²) in [5.74, 6) is -1.17. The van der Waals surface area contributed by atoms with E-state index >= 15 is 4.39 Å². The molecule has 19 heteroatoms. The minimum absolute atomic E-state index is 0.000469. The minimum atomic E-state index is -4.94. The predicted molar refractivity (Wildman–Crippen MR) is 187 cm³/mol. The number of nitrogens with zero attached hydrogens (tertiary/aromatic N) is 7. The van der Waals surface area contributed by atoms with Crippen molar-refractivity contribution in [3.05, 3.63) is 51.9 Å². The highest BCUT2D eigenvalue weighted by Gasteiger charge is 2.42. The Morgan fingerprint density at radius 3 is 2.63 bits per heavy atom. The van der Waals surface area contributed by atoms with E-state index in [1.807, 2.05) is 6.92 Å². The zero-order valence-electron chi connectivity index (χ0n) is 28.4. The van der Waals surface area contributed by atoms with Crippen LogP contribution < -0.4 is 25.8 Å². The SMILES string of the molecule is Cc1cc(N)nc(-c2c(Cl)c3c4c(nc(OC[C@@H]5CC[C@H]6CN(S(C)(=O)=O)CCN56)nc4c2F)N([C@H](C)c2cccnc2N)CCO3)c1C(F)(F)F. The number of halogens is 5. The van der Waals surface area contributed by atoms with E-state index in [0.717, 1.165) is 12.5 Å². The largest absolute Gasteiger partial charge is 0.489 e. The molecule has 3 aliphatic rings. The zero-order chi connectivity index (χ0) is 37.3. The Labute approximate surface area is 301 Å². The predicted octanol–water partition coefficient (Wildman–Crippen LogP) is 4.82. The Morgan fingerprint density at radius 2 is 1.92 bits per heavy atom.